The molecular formula is C6H3F3INO. The van der Waals surface area contributed by atoms with Crippen LogP contribution in [0.3, 0.4) is 0 Å². The minimum absolute atomic E-state index is 0.174. The summed E-state index contributed by atoms with van der Waals surface area (Å²) in [6.45, 7) is 0. The van der Waals surface area contributed by atoms with Crippen molar-refractivity contribution in [2.75, 3.05) is 0 Å². The van der Waals surface area contributed by atoms with E-state index in [1.165, 1.54) is 0 Å². The molecule has 0 aliphatic carbocycles. The minimum Gasteiger partial charge on any atom is -0.346 e. The van der Waals surface area contributed by atoms with Gasteiger partial charge in [0.05, 0.1) is 3.70 Å². The third-order valence-corrected chi connectivity index (χ3v) is 1.70. The van der Waals surface area contributed by atoms with Crippen molar-refractivity contribution in [3.8, 4) is 0 Å². The molecular weight excluding hydrogens is 286 g/mol. The lowest BCUT2D eigenvalue weighted by molar-refractivity contribution is -0.141. The molecule has 1 aromatic heterocycles. The van der Waals surface area contributed by atoms with Crippen LogP contribution in [0.25, 0.3) is 0 Å². The highest BCUT2D eigenvalue weighted by Gasteiger charge is 2.31. The first-order valence-electron chi connectivity index (χ1n) is 2.86. The van der Waals surface area contributed by atoms with E-state index >= 15 is 0 Å². The smallest absolute Gasteiger partial charge is 0.346 e. The third kappa shape index (κ3) is 2.23. The summed E-state index contributed by atoms with van der Waals surface area (Å²) in [7, 11) is 0. The molecule has 0 saturated heterocycles. The van der Waals surface area contributed by atoms with Gasteiger partial charge < -0.3 is 4.98 Å². The summed E-state index contributed by atoms with van der Waals surface area (Å²) < 4.78 is 36.1. The maximum Gasteiger partial charge on any atom is 0.431 e. The Morgan fingerprint density at radius 2 is 1.92 bits per heavy atom. The maximum absolute atomic E-state index is 12.0. The van der Waals surface area contributed by atoms with E-state index < -0.39 is 17.3 Å². The van der Waals surface area contributed by atoms with Crippen LogP contribution < -0.4 is 5.43 Å². The number of aromatic nitrogens is 1. The summed E-state index contributed by atoms with van der Waals surface area (Å²) in [4.78, 5) is 12.7. The number of rotatable bonds is 0. The fraction of sp³-hybridized carbons (Fsp3) is 0.167. The molecule has 0 radical (unpaired) electrons. The molecule has 1 N–H and O–H groups in total. The van der Waals surface area contributed by atoms with Gasteiger partial charge in [-0.15, -0.1) is 0 Å². The van der Waals surface area contributed by atoms with Gasteiger partial charge >= 0.3 is 6.18 Å². The second-order valence-corrected chi connectivity index (χ2v) is 3.24. The summed E-state index contributed by atoms with van der Waals surface area (Å²) in [5, 5.41) is 0. The number of hydrogen-bond acceptors (Lipinski definition) is 1. The van der Waals surface area contributed by atoms with E-state index in [2.05, 4.69) is 0 Å². The molecule has 1 heterocycles. The van der Waals surface area contributed by atoms with Crippen molar-refractivity contribution >= 4 is 22.6 Å². The molecule has 0 aromatic carbocycles. The molecule has 0 fully saturated rings. The van der Waals surface area contributed by atoms with Crippen molar-refractivity contribution in [3.63, 3.8) is 0 Å². The van der Waals surface area contributed by atoms with E-state index in [0.717, 1.165) is 6.07 Å². The number of H-pyrrole nitrogens is 1. The van der Waals surface area contributed by atoms with Gasteiger partial charge in [-0.1, -0.05) is 0 Å². The zero-order valence-corrected chi connectivity index (χ0v) is 7.73. The molecule has 0 saturated carbocycles. The van der Waals surface area contributed by atoms with E-state index in [1.807, 2.05) is 4.98 Å². The third-order valence-electron chi connectivity index (χ3n) is 1.12. The Kier molecular flexibility index (Phi) is 2.45. The van der Waals surface area contributed by atoms with Crippen molar-refractivity contribution in [1.29, 1.82) is 0 Å². The highest BCUT2D eigenvalue weighted by atomic mass is 127. The van der Waals surface area contributed by atoms with Gasteiger partial charge in [-0.2, -0.15) is 13.2 Å². The molecule has 0 aliphatic heterocycles. The van der Waals surface area contributed by atoms with Gasteiger partial charge in [-0.05, 0) is 22.6 Å². The minimum atomic E-state index is -4.49. The average molecular weight is 289 g/mol. The first kappa shape index (κ1) is 9.56. The summed E-state index contributed by atoms with van der Waals surface area (Å²) in [5.74, 6) is 0. The average Bonchev–Trinajstić information content (AvgIpc) is 1.82. The summed E-state index contributed by atoms with van der Waals surface area (Å²) in [5.41, 5.74) is -1.66. The summed E-state index contributed by atoms with van der Waals surface area (Å²) in [6, 6.07) is 1.62. The Balaban J connectivity index is 3.27. The SMILES string of the molecule is O=c1cc(I)[nH]c(C(F)(F)F)c1. The van der Waals surface area contributed by atoms with Crippen LogP contribution in [0.15, 0.2) is 16.9 Å². The second-order valence-electron chi connectivity index (χ2n) is 2.08. The number of nitrogens with one attached hydrogen (secondary N) is 1. The van der Waals surface area contributed by atoms with Gasteiger partial charge in [0.15, 0.2) is 5.43 Å². The standard InChI is InChI=1S/C6H3F3INO/c7-6(8,9)4-1-3(12)2-5(10)11-4/h1-2H,(H,11,12). The van der Waals surface area contributed by atoms with Gasteiger partial charge in [0.1, 0.15) is 5.69 Å². The normalized spacial score (nSPS) is 11.7. The number of hydrogen-bond donors (Lipinski definition) is 1. The van der Waals surface area contributed by atoms with Crippen LogP contribution in [0.5, 0.6) is 0 Å². The molecule has 6 heteroatoms. The first-order valence-corrected chi connectivity index (χ1v) is 3.94. The molecule has 2 nitrogen and oxygen atoms in total. The zero-order valence-electron chi connectivity index (χ0n) is 5.57. The van der Waals surface area contributed by atoms with Gasteiger partial charge in [-0.3, -0.25) is 4.79 Å². The van der Waals surface area contributed by atoms with Gasteiger partial charge in [0.25, 0.3) is 0 Å². The Morgan fingerprint density at radius 3 is 2.33 bits per heavy atom. The monoisotopic (exact) mass is 289 g/mol. The molecule has 12 heavy (non-hydrogen) atoms. The predicted octanol–water partition coefficient (Wildman–Crippen LogP) is 2.00. The molecule has 0 aliphatic rings. The topological polar surface area (TPSA) is 32.9 Å². The van der Waals surface area contributed by atoms with E-state index in [4.69, 9.17) is 0 Å². The number of alkyl halides is 3. The van der Waals surface area contributed by atoms with Gasteiger partial charge in [0.2, 0.25) is 0 Å². The molecule has 0 bridgehead atoms. The highest BCUT2D eigenvalue weighted by molar-refractivity contribution is 14.1. The highest BCUT2D eigenvalue weighted by Crippen LogP contribution is 2.26. The Bertz CT molecular complexity index is 343. The molecule has 0 amide bonds. The van der Waals surface area contributed by atoms with Crippen molar-refractivity contribution < 1.29 is 13.2 Å². The number of halogens is 4. The number of pyridine rings is 1. The maximum atomic E-state index is 12.0. The van der Waals surface area contributed by atoms with Crippen molar-refractivity contribution in [2.45, 2.75) is 6.18 Å². The van der Waals surface area contributed by atoms with E-state index in [-0.39, 0.29) is 3.70 Å². The molecule has 1 rings (SSSR count). The van der Waals surface area contributed by atoms with E-state index in [1.54, 1.807) is 22.6 Å². The first-order chi connectivity index (χ1) is 5.39. The lowest BCUT2D eigenvalue weighted by Gasteiger charge is -2.05. The van der Waals surface area contributed by atoms with Crippen molar-refractivity contribution in [3.05, 3.63) is 31.8 Å². The Labute approximate surface area is 78.9 Å². The van der Waals surface area contributed by atoms with Crippen LogP contribution in [0.1, 0.15) is 5.69 Å². The van der Waals surface area contributed by atoms with Crippen LogP contribution in [-0.4, -0.2) is 4.98 Å². The van der Waals surface area contributed by atoms with E-state index in [9.17, 15) is 18.0 Å². The predicted molar refractivity (Wildman–Crippen MR) is 44.8 cm³/mol. The van der Waals surface area contributed by atoms with Crippen LogP contribution in [0.4, 0.5) is 13.2 Å². The Hall–Kier alpha value is -0.530. The van der Waals surface area contributed by atoms with Gasteiger partial charge in [-0.25, -0.2) is 0 Å². The Morgan fingerprint density at radius 1 is 1.33 bits per heavy atom. The molecule has 1 aromatic rings. The fourth-order valence-corrected chi connectivity index (χ4v) is 1.26. The van der Waals surface area contributed by atoms with Crippen LogP contribution in [0, 0.1) is 3.70 Å². The molecule has 66 valence electrons. The van der Waals surface area contributed by atoms with Gasteiger partial charge in [0, 0.05) is 12.1 Å². The van der Waals surface area contributed by atoms with E-state index in [0.29, 0.717) is 6.07 Å². The summed E-state index contributed by atoms with van der Waals surface area (Å²) in [6.07, 6.45) is -4.49. The molecule has 0 unspecified atom stereocenters. The van der Waals surface area contributed by atoms with Crippen LogP contribution >= 0.6 is 22.6 Å². The molecule has 0 atom stereocenters. The van der Waals surface area contributed by atoms with Crippen molar-refractivity contribution in [1.82, 2.24) is 4.98 Å². The second kappa shape index (κ2) is 3.08. The zero-order chi connectivity index (χ0) is 9.35. The number of aromatic amines is 1. The lowest BCUT2D eigenvalue weighted by Crippen LogP contribution is -2.13. The largest absolute Gasteiger partial charge is 0.431 e. The summed E-state index contributed by atoms with van der Waals surface area (Å²) >= 11 is 1.62. The van der Waals surface area contributed by atoms with Crippen LogP contribution in [-0.2, 0) is 6.18 Å². The molecule has 0 spiro atoms. The van der Waals surface area contributed by atoms with Crippen molar-refractivity contribution in [2.24, 2.45) is 0 Å². The lowest BCUT2D eigenvalue weighted by atomic mass is 10.3. The quantitative estimate of drug-likeness (QED) is 0.575. The fourth-order valence-electron chi connectivity index (χ4n) is 0.662. The van der Waals surface area contributed by atoms with Crippen LogP contribution in [0.2, 0.25) is 0 Å².